The van der Waals surface area contributed by atoms with Gasteiger partial charge in [-0.05, 0) is 36.8 Å². The van der Waals surface area contributed by atoms with Crippen molar-refractivity contribution in [1.82, 2.24) is 4.31 Å². The van der Waals surface area contributed by atoms with Gasteiger partial charge in [-0.25, -0.2) is 8.42 Å². The number of benzene rings is 1. The second kappa shape index (κ2) is 5.41. The number of hydrogen-bond acceptors (Lipinski definition) is 4. The van der Waals surface area contributed by atoms with E-state index in [1.54, 1.807) is 12.1 Å². The van der Waals surface area contributed by atoms with Gasteiger partial charge in [-0.2, -0.15) is 9.57 Å². The van der Waals surface area contributed by atoms with Crippen LogP contribution in [-0.2, 0) is 10.0 Å². The largest absolute Gasteiger partial charge is 0.392 e. The molecule has 2 fully saturated rings. The van der Waals surface area contributed by atoms with Crippen LogP contribution in [0.25, 0.3) is 0 Å². The number of hydrogen-bond donors (Lipinski definition) is 1. The van der Waals surface area contributed by atoms with Crippen LogP contribution in [0.5, 0.6) is 0 Å². The fraction of sp³-hybridized carbons (Fsp3) is 0.533. The molecule has 1 aromatic carbocycles. The summed E-state index contributed by atoms with van der Waals surface area (Å²) in [4.78, 5) is 0.0713. The maximum absolute atomic E-state index is 12.8. The van der Waals surface area contributed by atoms with Crippen molar-refractivity contribution in [2.45, 2.75) is 30.3 Å². The molecule has 0 spiro atoms. The van der Waals surface area contributed by atoms with Gasteiger partial charge in [0, 0.05) is 13.1 Å². The first-order valence-corrected chi connectivity index (χ1v) is 8.65. The van der Waals surface area contributed by atoms with Crippen LogP contribution in [0.1, 0.15) is 24.8 Å². The van der Waals surface area contributed by atoms with Gasteiger partial charge in [-0.3, -0.25) is 0 Å². The number of nitriles is 1. The Morgan fingerprint density at radius 2 is 1.81 bits per heavy atom. The van der Waals surface area contributed by atoms with E-state index < -0.39 is 16.1 Å². The fourth-order valence-corrected chi connectivity index (χ4v) is 5.18. The minimum Gasteiger partial charge on any atom is -0.392 e. The van der Waals surface area contributed by atoms with Gasteiger partial charge < -0.3 is 5.11 Å². The Hall–Kier alpha value is -1.42. The van der Waals surface area contributed by atoms with E-state index in [0.29, 0.717) is 13.1 Å². The third-order valence-corrected chi connectivity index (χ3v) is 6.51. The third kappa shape index (κ3) is 2.46. The molecule has 1 heterocycles. The highest BCUT2D eigenvalue weighted by atomic mass is 32.2. The normalized spacial score (nSPS) is 29.8. The van der Waals surface area contributed by atoms with Gasteiger partial charge in [0.25, 0.3) is 0 Å². The highest BCUT2D eigenvalue weighted by Crippen LogP contribution is 2.37. The number of aliphatic hydroxyl groups is 1. The highest BCUT2D eigenvalue weighted by molar-refractivity contribution is 7.89. The van der Waals surface area contributed by atoms with Gasteiger partial charge in [-0.15, -0.1) is 0 Å². The molecule has 0 aromatic heterocycles. The Bertz CT molecular complexity index is 666. The SMILES string of the molecule is N#Cc1ccccc1S(=O)(=O)N1CC2CCCC(C1)C2O. The molecular weight excluding hydrogens is 288 g/mol. The lowest BCUT2D eigenvalue weighted by atomic mass is 9.76. The number of fused-ring (bicyclic) bond motifs is 2. The van der Waals surface area contributed by atoms with Gasteiger partial charge in [0.05, 0.1) is 16.6 Å². The minimum absolute atomic E-state index is 0.0153. The zero-order chi connectivity index (χ0) is 15.0. The Morgan fingerprint density at radius 1 is 1.19 bits per heavy atom. The van der Waals surface area contributed by atoms with E-state index in [2.05, 4.69) is 0 Å². The summed E-state index contributed by atoms with van der Waals surface area (Å²) in [5, 5.41) is 19.3. The predicted octanol–water partition coefficient (Wildman–Crippen LogP) is 1.34. The summed E-state index contributed by atoms with van der Waals surface area (Å²) in [6.07, 6.45) is 2.39. The summed E-state index contributed by atoms with van der Waals surface area (Å²) in [5.41, 5.74) is 0.175. The van der Waals surface area contributed by atoms with Crippen molar-refractivity contribution in [3.63, 3.8) is 0 Å². The van der Waals surface area contributed by atoms with Gasteiger partial charge in [0.15, 0.2) is 0 Å². The molecule has 2 bridgehead atoms. The summed E-state index contributed by atoms with van der Waals surface area (Å²) in [7, 11) is -3.67. The van der Waals surface area contributed by atoms with E-state index >= 15 is 0 Å². The minimum atomic E-state index is -3.67. The standard InChI is InChI=1S/C15H18N2O3S/c16-8-11-4-1-2-7-14(11)21(19,20)17-9-12-5-3-6-13(10-17)15(12)18/h1-2,4,7,12-13,15,18H,3,5-6,9-10H2. The van der Waals surface area contributed by atoms with E-state index in [0.717, 1.165) is 19.3 Å². The van der Waals surface area contributed by atoms with Crippen molar-refractivity contribution in [2.24, 2.45) is 11.8 Å². The fourth-order valence-electron chi connectivity index (χ4n) is 3.48. The smallest absolute Gasteiger partial charge is 0.244 e. The molecular formula is C15H18N2O3S. The molecule has 2 unspecified atom stereocenters. The van der Waals surface area contributed by atoms with Crippen molar-refractivity contribution >= 4 is 10.0 Å². The number of nitrogens with zero attached hydrogens (tertiary/aromatic N) is 2. The molecule has 5 nitrogen and oxygen atoms in total. The maximum atomic E-state index is 12.8. The van der Waals surface area contributed by atoms with Gasteiger partial charge in [-0.1, -0.05) is 18.6 Å². The average molecular weight is 306 g/mol. The first kappa shape index (κ1) is 14.5. The van der Waals surface area contributed by atoms with Gasteiger partial charge in [0.1, 0.15) is 6.07 Å². The molecule has 2 atom stereocenters. The summed E-state index contributed by atoms with van der Waals surface area (Å²) >= 11 is 0. The second-order valence-electron chi connectivity index (χ2n) is 5.87. The van der Waals surface area contributed by atoms with Crippen LogP contribution >= 0.6 is 0 Å². The summed E-state index contributed by atoms with van der Waals surface area (Å²) in [5.74, 6) is 0.0306. The molecule has 1 N–H and O–H groups in total. The molecule has 0 radical (unpaired) electrons. The predicted molar refractivity (Wildman–Crippen MR) is 76.8 cm³/mol. The molecule has 1 saturated carbocycles. The van der Waals surface area contributed by atoms with Crippen molar-refractivity contribution in [2.75, 3.05) is 13.1 Å². The van der Waals surface area contributed by atoms with Crippen LogP contribution < -0.4 is 0 Å². The lowest BCUT2D eigenvalue weighted by Crippen LogP contribution is -2.53. The van der Waals surface area contributed by atoms with E-state index in [9.17, 15) is 13.5 Å². The van der Waals surface area contributed by atoms with Crippen LogP contribution in [0.4, 0.5) is 0 Å². The molecule has 112 valence electrons. The number of sulfonamides is 1. The van der Waals surface area contributed by atoms with Crippen LogP contribution in [0.2, 0.25) is 0 Å². The first-order valence-electron chi connectivity index (χ1n) is 7.21. The maximum Gasteiger partial charge on any atom is 0.244 e. The van der Waals surface area contributed by atoms with Gasteiger partial charge in [0.2, 0.25) is 10.0 Å². The molecule has 2 aliphatic rings. The number of rotatable bonds is 2. The van der Waals surface area contributed by atoms with E-state index in [1.165, 1.54) is 16.4 Å². The average Bonchev–Trinajstić information content (AvgIpc) is 2.46. The molecule has 1 aliphatic heterocycles. The van der Waals surface area contributed by atoms with Crippen LogP contribution in [0.15, 0.2) is 29.2 Å². The Kier molecular flexibility index (Phi) is 3.74. The number of piperidine rings is 1. The summed E-state index contributed by atoms with van der Waals surface area (Å²) in [6, 6.07) is 8.24. The Morgan fingerprint density at radius 3 is 2.43 bits per heavy atom. The van der Waals surface area contributed by atoms with Gasteiger partial charge >= 0.3 is 0 Å². The highest BCUT2D eigenvalue weighted by Gasteiger charge is 2.42. The zero-order valence-corrected chi connectivity index (χ0v) is 12.5. The third-order valence-electron chi connectivity index (χ3n) is 4.62. The van der Waals surface area contributed by atoms with Crippen molar-refractivity contribution in [3.8, 4) is 6.07 Å². The van der Waals surface area contributed by atoms with Crippen molar-refractivity contribution in [3.05, 3.63) is 29.8 Å². The molecule has 1 saturated heterocycles. The molecule has 3 rings (SSSR count). The molecule has 6 heteroatoms. The lowest BCUT2D eigenvalue weighted by molar-refractivity contribution is -0.0269. The Balaban J connectivity index is 1.95. The number of aliphatic hydroxyl groups excluding tert-OH is 1. The van der Waals surface area contributed by atoms with Crippen molar-refractivity contribution < 1.29 is 13.5 Å². The molecule has 0 amide bonds. The van der Waals surface area contributed by atoms with Crippen LogP contribution in [-0.4, -0.2) is 37.0 Å². The molecule has 1 aromatic rings. The quantitative estimate of drug-likeness (QED) is 0.894. The lowest BCUT2D eigenvalue weighted by Gasteiger charge is -2.44. The van der Waals surface area contributed by atoms with E-state index in [4.69, 9.17) is 5.26 Å². The first-order chi connectivity index (χ1) is 10.0. The van der Waals surface area contributed by atoms with Crippen LogP contribution in [0.3, 0.4) is 0 Å². The van der Waals surface area contributed by atoms with E-state index in [-0.39, 0.29) is 22.3 Å². The second-order valence-corrected chi connectivity index (χ2v) is 7.78. The molecule has 1 aliphatic carbocycles. The van der Waals surface area contributed by atoms with E-state index in [1.807, 2.05) is 6.07 Å². The summed E-state index contributed by atoms with van der Waals surface area (Å²) < 4.78 is 27.0. The zero-order valence-electron chi connectivity index (χ0n) is 11.6. The van der Waals surface area contributed by atoms with Crippen LogP contribution in [0, 0.1) is 23.2 Å². The van der Waals surface area contributed by atoms with Crippen molar-refractivity contribution in [1.29, 1.82) is 5.26 Å². The summed E-state index contributed by atoms with van der Waals surface area (Å²) in [6.45, 7) is 0.694. The topological polar surface area (TPSA) is 81.4 Å². The monoisotopic (exact) mass is 306 g/mol. The Labute approximate surface area is 124 Å². The molecule has 21 heavy (non-hydrogen) atoms.